The molecule has 19 heavy (non-hydrogen) atoms. The van der Waals surface area contributed by atoms with Crippen LogP contribution in [0.2, 0.25) is 5.02 Å². The summed E-state index contributed by atoms with van der Waals surface area (Å²) in [6.45, 7) is 0.895. The molecule has 3 rings (SSSR count). The number of rotatable bonds is 2. The van der Waals surface area contributed by atoms with Gasteiger partial charge in [0.05, 0.1) is 12.1 Å². The summed E-state index contributed by atoms with van der Waals surface area (Å²) in [7, 11) is 0. The molecule has 2 nitrogen and oxygen atoms in total. The summed E-state index contributed by atoms with van der Waals surface area (Å²) in [6.07, 6.45) is 0.457. The highest BCUT2D eigenvalue weighted by molar-refractivity contribution is 6.30. The second kappa shape index (κ2) is 5.33. The lowest BCUT2D eigenvalue weighted by Gasteiger charge is -2.30. The highest BCUT2D eigenvalue weighted by atomic mass is 35.5. The predicted molar refractivity (Wildman–Crippen MR) is 77.3 cm³/mol. The number of hydrogen-bond donors (Lipinski definition) is 2. The van der Waals surface area contributed by atoms with E-state index in [-0.39, 0.29) is 6.04 Å². The predicted octanol–water partition coefficient (Wildman–Crippen LogP) is 3.26. The van der Waals surface area contributed by atoms with Crippen molar-refractivity contribution < 1.29 is 5.11 Å². The number of aliphatic hydroxyl groups is 1. The molecule has 3 heteroatoms. The maximum absolute atomic E-state index is 10.6. The first-order valence-electron chi connectivity index (χ1n) is 6.50. The van der Waals surface area contributed by atoms with E-state index >= 15 is 0 Å². The highest BCUT2D eigenvalue weighted by Crippen LogP contribution is 2.33. The van der Waals surface area contributed by atoms with Gasteiger partial charge >= 0.3 is 0 Å². The van der Waals surface area contributed by atoms with Crippen LogP contribution >= 0.6 is 11.6 Å². The van der Waals surface area contributed by atoms with Crippen molar-refractivity contribution in [3.8, 4) is 0 Å². The molecule has 2 aromatic carbocycles. The van der Waals surface area contributed by atoms with Crippen LogP contribution in [0.1, 0.15) is 28.8 Å². The van der Waals surface area contributed by atoms with E-state index in [1.54, 1.807) is 0 Å². The molecule has 1 heterocycles. The van der Waals surface area contributed by atoms with Gasteiger partial charge in [0.25, 0.3) is 0 Å². The molecule has 2 atom stereocenters. The third-order valence-corrected chi connectivity index (χ3v) is 3.93. The zero-order valence-electron chi connectivity index (χ0n) is 10.5. The molecule has 0 bridgehead atoms. The molecule has 0 spiro atoms. The Morgan fingerprint density at radius 2 is 1.84 bits per heavy atom. The second-order valence-electron chi connectivity index (χ2n) is 4.88. The van der Waals surface area contributed by atoms with Crippen molar-refractivity contribution in [2.24, 2.45) is 0 Å². The van der Waals surface area contributed by atoms with E-state index in [1.807, 2.05) is 30.3 Å². The van der Waals surface area contributed by atoms with Gasteiger partial charge in [0.1, 0.15) is 0 Å². The summed E-state index contributed by atoms with van der Waals surface area (Å²) in [6, 6.07) is 15.6. The Morgan fingerprint density at radius 1 is 1.11 bits per heavy atom. The van der Waals surface area contributed by atoms with Gasteiger partial charge in [-0.25, -0.2) is 0 Å². The monoisotopic (exact) mass is 273 g/mol. The van der Waals surface area contributed by atoms with Crippen LogP contribution in [0.4, 0.5) is 0 Å². The largest absolute Gasteiger partial charge is 0.386 e. The zero-order chi connectivity index (χ0) is 13.2. The van der Waals surface area contributed by atoms with E-state index in [2.05, 4.69) is 23.5 Å². The number of benzene rings is 2. The Bertz CT molecular complexity index is 567. The third-order valence-electron chi connectivity index (χ3n) is 3.68. The quantitative estimate of drug-likeness (QED) is 0.880. The Morgan fingerprint density at radius 3 is 2.63 bits per heavy atom. The van der Waals surface area contributed by atoms with Crippen LogP contribution in [-0.4, -0.2) is 11.7 Å². The highest BCUT2D eigenvalue weighted by Gasteiger charge is 2.26. The Labute approximate surface area is 118 Å². The van der Waals surface area contributed by atoms with Crippen molar-refractivity contribution in [1.29, 1.82) is 0 Å². The van der Waals surface area contributed by atoms with Crippen LogP contribution in [0.5, 0.6) is 0 Å². The summed E-state index contributed by atoms with van der Waals surface area (Å²) in [5.41, 5.74) is 3.40. The molecule has 2 aromatic rings. The van der Waals surface area contributed by atoms with Gasteiger partial charge in [-0.15, -0.1) is 0 Å². The molecule has 0 fully saturated rings. The fraction of sp³-hybridized carbons (Fsp3) is 0.250. The lowest BCUT2D eigenvalue weighted by Crippen LogP contribution is -2.33. The van der Waals surface area contributed by atoms with Gasteiger partial charge in [-0.3, -0.25) is 0 Å². The van der Waals surface area contributed by atoms with Gasteiger partial charge in [-0.05, 0) is 41.8 Å². The van der Waals surface area contributed by atoms with Crippen molar-refractivity contribution >= 4 is 11.6 Å². The van der Waals surface area contributed by atoms with Crippen LogP contribution in [0.25, 0.3) is 0 Å². The molecule has 0 saturated carbocycles. The fourth-order valence-corrected chi connectivity index (χ4v) is 2.80. The van der Waals surface area contributed by atoms with Crippen molar-refractivity contribution in [2.45, 2.75) is 18.6 Å². The zero-order valence-corrected chi connectivity index (χ0v) is 11.3. The maximum atomic E-state index is 10.6. The summed E-state index contributed by atoms with van der Waals surface area (Å²) in [5.74, 6) is 0. The first-order chi connectivity index (χ1) is 9.25. The van der Waals surface area contributed by atoms with Gasteiger partial charge in [0, 0.05) is 5.02 Å². The van der Waals surface area contributed by atoms with Crippen molar-refractivity contribution in [3.63, 3.8) is 0 Å². The molecule has 0 aliphatic carbocycles. The van der Waals surface area contributed by atoms with Gasteiger partial charge < -0.3 is 10.4 Å². The molecule has 1 aliphatic rings. The molecular formula is C16H16ClNO. The summed E-state index contributed by atoms with van der Waals surface area (Å²) in [4.78, 5) is 0. The van der Waals surface area contributed by atoms with Gasteiger partial charge in [0.2, 0.25) is 0 Å². The lowest BCUT2D eigenvalue weighted by molar-refractivity contribution is 0.125. The first-order valence-corrected chi connectivity index (χ1v) is 6.88. The average Bonchev–Trinajstić information content (AvgIpc) is 2.47. The Hall–Kier alpha value is -1.35. The molecule has 2 unspecified atom stereocenters. The molecule has 0 radical (unpaired) electrons. The van der Waals surface area contributed by atoms with E-state index in [0.717, 1.165) is 18.5 Å². The summed E-state index contributed by atoms with van der Waals surface area (Å²) >= 11 is 5.89. The molecule has 98 valence electrons. The second-order valence-corrected chi connectivity index (χ2v) is 5.31. The van der Waals surface area contributed by atoms with E-state index in [0.29, 0.717) is 5.02 Å². The standard InChI is InChI=1S/C16H16ClNO/c17-13-7-5-12(6-8-13)16(19)15-14-4-2-1-3-11(14)9-10-18-15/h1-8,15-16,18-19H,9-10H2. The SMILES string of the molecule is OC(c1ccc(Cl)cc1)C1NCCc2ccccc21. The van der Waals surface area contributed by atoms with Crippen LogP contribution in [-0.2, 0) is 6.42 Å². The minimum atomic E-state index is -0.557. The van der Waals surface area contributed by atoms with E-state index in [4.69, 9.17) is 11.6 Å². The van der Waals surface area contributed by atoms with E-state index in [9.17, 15) is 5.11 Å². The molecule has 2 N–H and O–H groups in total. The van der Waals surface area contributed by atoms with Gasteiger partial charge in [0.15, 0.2) is 0 Å². The average molecular weight is 274 g/mol. The smallest absolute Gasteiger partial charge is 0.0984 e. The fourth-order valence-electron chi connectivity index (χ4n) is 2.67. The van der Waals surface area contributed by atoms with Gasteiger partial charge in [-0.2, -0.15) is 0 Å². The molecule has 0 amide bonds. The Kier molecular flexibility index (Phi) is 3.56. The van der Waals surface area contributed by atoms with Crippen LogP contribution in [0.15, 0.2) is 48.5 Å². The lowest BCUT2D eigenvalue weighted by atomic mass is 9.88. The van der Waals surface area contributed by atoms with Crippen LogP contribution < -0.4 is 5.32 Å². The van der Waals surface area contributed by atoms with Crippen molar-refractivity contribution in [3.05, 3.63) is 70.2 Å². The van der Waals surface area contributed by atoms with Crippen molar-refractivity contribution in [2.75, 3.05) is 6.54 Å². The number of halogens is 1. The van der Waals surface area contributed by atoms with E-state index < -0.39 is 6.10 Å². The van der Waals surface area contributed by atoms with Gasteiger partial charge in [-0.1, -0.05) is 48.0 Å². The minimum absolute atomic E-state index is 0.0499. The summed E-state index contributed by atoms with van der Waals surface area (Å²) < 4.78 is 0. The molecule has 0 aromatic heterocycles. The van der Waals surface area contributed by atoms with Crippen LogP contribution in [0, 0.1) is 0 Å². The topological polar surface area (TPSA) is 32.3 Å². The van der Waals surface area contributed by atoms with E-state index in [1.165, 1.54) is 11.1 Å². The minimum Gasteiger partial charge on any atom is -0.386 e. The number of nitrogens with one attached hydrogen (secondary N) is 1. The normalized spacial score (nSPS) is 19.8. The third kappa shape index (κ3) is 2.52. The number of hydrogen-bond acceptors (Lipinski definition) is 2. The molecule has 1 aliphatic heterocycles. The summed E-state index contributed by atoms with van der Waals surface area (Å²) in [5, 5.41) is 14.7. The molecule has 0 saturated heterocycles. The Balaban J connectivity index is 1.92. The first kappa shape index (κ1) is 12.7. The number of aliphatic hydroxyl groups excluding tert-OH is 1. The number of fused-ring (bicyclic) bond motifs is 1. The van der Waals surface area contributed by atoms with Crippen LogP contribution in [0.3, 0.4) is 0 Å². The molecular weight excluding hydrogens is 258 g/mol. The van der Waals surface area contributed by atoms with Crippen molar-refractivity contribution in [1.82, 2.24) is 5.32 Å². The maximum Gasteiger partial charge on any atom is 0.0984 e.